The lowest BCUT2D eigenvalue weighted by Crippen LogP contribution is -2.56. The molecule has 0 aromatic heterocycles. The molecule has 2 fully saturated rings. The zero-order valence-corrected chi connectivity index (χ0v) is 9.68. The number of rotatable bonds is 3. The predicted octanol–water partition coefficient (Wildman–Crippen LogP) is 0.163. The molecule has 2 heterocycles. The fourth-order valence-electron chi connectivity index (χ4n) is 2.40. The van der Waals surface area contributed by atoms with Crippen molar-refractivity contribution in [1.29, 1.82) is 0 Å². The quantitative estimate of drug-likeness (QED) is 0.703. The summed E-state index contributed by atoms with van der Waals surface area (Å²) in [6.07, 6.45) is 1.20. The summed E-state index contributed by atoms with van der Waals surface area (Å²) in [5.41, 5.74) is 0. The Bertz CT molecular complexity index is 190. The van der Waals surface area contributed by atoms with Crippen LogP contribution in [-0.4, -0.2) is 57.1 Å². The van der Waals surface area contributed by atoms with Crippen LogP contribution in [0.15, 0.2) is 0 Å². The Morgan fingerprint density at radius 3 is 2.44 bits per heavy atom. The molecule has 0 amide bonds. The Labute approximate surface area is 95.6 Å². The zero-order valence-electron chi connectivity index (χ0n) is 9.68. The van der Waals surface area contributed by atoms with E-state index < -0.39 is 11.9 Å². The molecule has 16 heavy (non-hydrogen) atoms. The highest BCUT2D eigenvalue weighted by atomic mass is 16.7. The van der Waals surface area contributed by atoms with Gasteiger partial charge in [-0.25, -0.2) is 0 Å². The first-order valence-corrected chi connectivity index (χ1v) is 5.82. The summed E-state index contributed by atoms with van der Waals surface area (Å²) in [6.45, 7) is 2.83. The maximum Gasteiger partial charge on any atom is 0.197 e. The molecule has 0 aromatic rings. The van der Waals surface area contributed by atoms with Crippen LogP contribution in [0, 0.1) is 5.92 Å². The second-order valence-corrected chi connectivity index (χ2v) is 4.28. The molecule has 5 nitrogen and oxygen atoms in total. The average molecular weight is 232 g/mol. The van der Waals surface area contributed by atoms with E-state index in [-0.39, 0.29) is 5.92 Å². The number of hydrogen-bond donors (Lipinski definition) is 1. The molecule has 2 atom stereocenters. The van der Waals surface area contributed by atoms with Gasteiger partial charge in [0, 0.05) is 26.2 Å². The van der Waals surface area contributed by atoms with Gasteiger partial charge in [-0.3, -0.25) is 0 Å². The van der Waals surface area contributed by atoms with E-state index in [1.165, 1.54) is 7.11 Å². The molecule has 0 aromatic carbocycles. The highest BCUT2D eigenvalue weighted by Gasteiger charge is 2.46. The van der Waals surface area contributed by atoms with Crippen molar-refractivity contribution in [2.75, 3.05) is 40.1 Å². The lowest BCUT2D eigenvalue weighted by molar-refractivity contribution is -0.310. The summed E-state index contributed by atoms with van der Waals surface area (Å²) < 4.78 is 21.5. The van der Waals surface area contributed by atoms with Crippen molar-refractivity contribution in [2.45, 2.75) is 24.7 Å². The predicted molar refractivity (Wildman–Crippen MR) is 56.1 cm³/mol. The van der Waals surface area contributed by atoms with Gasteiger partial charge in [0.15, 0.2) is 5.79 Å². The molecular formula is C11H20O5. The molecule has 0 radical (unpaired) electrons. The summed E-state index contributed by atoms with van der Waals surface area (Å²) in [4.78, 5) is 0. The van der Waals surface area contributed by atoms with Crippen LogP contribution in [-0.2, 0) is 18.9 Å². The lowest BCUT2D eigenvalue weighted by atomic mass is 9.87. The molecule has 2 unspecified atom stereocenters. The monoisotopic (exact) mass is 232 g/mol. The maximum atomic E-state index is 10.6. The van der Waals surface area contributed by atoms with Crippen molar-refractivity contribution in [1.82, 2.24) is 0 Å². The normalized spacial score (nSPS) is 32.2. The average Bonchev–Trinajstić information content (AvgIpc) is 2.40. The smallest absolute Gasteiger partial charge is 0.197 e. The van der Waals surface area contributed by atoms with Gasteiger partial charge < -0.3 is 24.1 Å². The molecule has 2 aliphatic rings. The minimum absolute atomic E-state index is 0.0537. The van der Waals surface area contributed by atoms with Gasteiger partial charge in [-0.1, -0.05) is 0 Å². The summed E-state index contributed by atoms with van der Waals surface area (Å²) >= 11 is 0. The highest BCUT2D eigenvalue weighted by molar-refractivity contribution is 4.88. The summed E-state index contributed by atoms with van der Waals surface area (Å²) in [5.74, 6) is -1.19. The minimum Gasteiger partial charge on any atom is -0.381 e. The second-order valence-electron chi connectivity index (χ2n) is 4.28. The maximum absolute atomic E-state index is 10.6. The Hall–Kier alpha value is -0.200. The summed E-state index contributed by atoms with van der Waals surface area (Å²) in [6, 6.07) is 0. The van der Waals surface area contributed by atoms with Crippen molar-refractivity contribution >= 4 is 0 Å². The van der Waals surface area contributed by atoms with Crippen LogP contribution < -0.4 is 0 Å². The molecule has 0 saturated carbocycles. The molecule has 5 heteroatoms. The standard InChI is InChI=1S/C11H20O5/c1-13-11(12,9-2-4-14-5-3-9)10-8-15-6-7-16-10/h9-10,12H,2-8H2,1H3. The van der Waals surface area contributed by atoms with E-state index >= 15 is 0 Å². The van der Waals surface area contributed by atoms with E-state index in [1.54, 1.807) is 0 Å². The Balaban J connectivity index is 2.03. The molecule has 2 saturated heterocycles. The van der Waals surface area contributed by atoms with Crippen molar-refractivity contribution in [3.8, 4) is 0 Å². The lowest BCUT2D eigenvalue weighted by Gasteiger charge is -2.43. The summed E-state index contributed by atoms with van der Waals surface area (Å²) in [7, 11) is 1.52. The molecular weight excluding hydrogens is 212 g/mol. The van der Waals surface area contributed by atoms with E-state index in [9.17, 15) is 5.11 Å². The van der Waals surface area contributed by atoms with Crippen LogP contribution in [0.25, 0.3) is 0 Å². The molecule has 2 rings (SSSR count). The third-order valence-electron chi connectivity index (χ3n) is 3.41. The van der Waals surface area contributed by atoms with Gasteiger partial charge in [0.25, 0.3) is 0 Å². The first-order valence-electron chi connectivity index (χ1n) is 5.82. The van der Waals surface area contributed by atoms with Crippen LogP contribution in [0.2, 0.25) is 0 Å². The summed E-state index contributed by atoms with van der Waals surface area (Å²) in [5, 5.41) is 10.6. The van der Waals surface area contributed by atoms with Crippen LogP contribution in [0.3, 0.4) is 0 Å². The largest absolute Gasteiger partial charge is 0.381 e. The minimum atomic E-state index is -1.25. The van der Waals surface area contributed by atoms with E-state index in [1.807, 2.05) is 0 Å². The van der Waals surface area contributed by atoms with Gasteiger partial charge in [-0.15, -0.1) is 0 Å². The number of hydrogen-bond acceptors (Lipinski definition) is 5. The van der Waals surface area contributed by atoms with Gasteiger partial charge in [0.2, 0.25) is 0 Å². The Kier molecular flexibility index (Phi) is 4.16. The van der Waals surface area contributed by atoms with Crippen LogP contribution in [0.5, 0.6) is 0 Å². The SMILES string of the molecule is COC(O)(C1CCOCC1)C1COCCO1. The fourth-order valence-corrected chi connectivity index (χ4v) is 2.40. The van der Waals surface area contributed by atoms with Crippen LogP contribution in [0.1, 0.15) is 12.8 Å². The van der Waals surface area contributed by atoms with E-state index in [0.29, 0.717) is 33.0 Å². The van der Waals surface area contributed by atoms with E-state index in [0.717, 1.165) is 12.8 Å². The van der Waals surface area contributed by atoms with Crippen LogP contribution >= 0.6 is 0 Å². The second kappa shape index (κ2) is 5.42. The third kappa shape index (κ3) is 2.38. The Morgan fingerprint density at radius 1 is 1.12 bits per heavy atom. The van der Waals surface area contributed by atoms with Crippen molar-refractivity contribution in [2.24, 2.45) is 5.92 Å². The highest BCUT2D eigenvalue weighted by Crippen LogP contribution is 2.33. The fraction of sp³-hybridized carbons (Fsp3) is 1.00. The van der Waals surface area contributed by atoms with Crippen molar-refractivity contribution in [3.05, 3.63) is 0 Å². The number of ether oxygens (including phenoxy) is 4. The number of aliphatic hydroxyl groups is 1. The molecule has 0 aliphatic carbocycles. The first-order chi connectivity index (χ1) is 7.77. The van der Waals surface area contributed by atoms with Gasteiger partial charge >= 0.3 is 0 Å². The Morgan fingerprint density at radius 2 is 1.88 bits per heavy atom. The van der Waals surface area contributed by atoms with Crippen molar-refractivity contribution < 1.29 is 24.1 Å². The van der Waals surface area contributed by atoms with Gasteiger partial charge in [-0.05, 0) is 12.8 Å². The molecule has 2 aliphatic heterocycles. The topological polar surface area (TPSA) is 57.2 Å². The molecule has 0 spiro atoms. The van der Waals surface area contributed by atoms with E-state index in [4.69, 9.17) is 18.9 Å². The van der Waals surface area contributed by atoms with Crippen LogP contribution in [0.4, 0.5) is 0 Å². The molecule has 0 bridgehead atoms. The molecule has 94 valence electrons. The third-order valence-corrected chi connectivity index (χ3v) is 3.41. The molecule has 1 N–H and O–H groups in total. The van der Waals surface area contributed by atoms with Gasteiger partial charge in [-0.2, -0.15) is 0 Å². The van der Waals surface area contributed by atoms with Gasteiger partial charge in [0.1, 0.15) is 6.10 Å². The van der Waals surface area contributed by atoms with Gasteiger partial charge in [0.05, 0.1) is 19.8 Å². The van der Waals surface area contributed by atoms with E-state index in [2.05, 4.69) is 0 Å². The van der Waals surface area contributed by atoms with Crippen molar-refractivity contribution in [3.63, 3.8) is 0 Å². The zero-order chi connectivity index (χ0) is 11.4. The number of methoxy groups -OCH3 is 1. The first kappa shape index (κ1) is 12.3.